The van der Waals surface area contributed by atoms with Crippen molar-refractivity contribution in [2.75, 3.05) is 13.1 Å². The molecule has 3 rings (SSSR count). The first-order valence-corrected chi connectivity index (χ1v) is 8.21. The zero-order valence-electron chi connectivity index (χ0n) is 13.4. The van der Waals surface area contributed by atoms with Crippen LogP contribution in [-0.4, -0.2) is 35.0 Å². The molecule has 0 N–H and O–H groups in total. The predicted molar refractivity (Wildman–Crippen MR) is 89.6 cm³/mol. The molecule has 1 aromatic heterocycles. The zero-order valence-corrected chi connectivity index (χ0v) is 13.4. The average Bonchev–Trinajstić information content (AvgIpc) is 2.63. The summed E-state index contributed by atoms with van der Waals surface area (Å²) in [7, 11) is 0. The Morgan fingerprint density at radius 1 is 1.26 bits per heavy atom. The van der Waals surface area contributed by atoms with Gasteiger partial charge in [-0.15, -0.1) is 0 Å². The summed E-state index contributed by atoms with van der Waals surface area (Å²) in [5.41, 5.74) is 1.94. The maximum Gasteiger partial charge on any atom is 0.255 e. The molecule has 0 aliphatic carbocycles. The highest BCUT2D eigenvalue weighted by molar-refractivity contribution is 5.93. The molecule has 2 heterocycles. The molecule has 1 aliphatic heterocycles. The highest BCUT2D eigenvalue weighted by atomic mass is 16.5. The van der Waals surface area contributed by atoms with Crippen LogP contribution in [0.25, 0.3) is 0 Å². The summed E-state index contributed by atoms with van der Waals surface area (Å²) in [6.45, 7) is 3.60. The Balaban J connectivity index is 1.55. The summed E-state index contributed by atoms with van der Waals surface area (Å²) in [6.07, 6.45) is 6.22. The molecular formula is C19H22N2O2. The molecule has 0 radical (unpaired) electrons. The van der Waals surface area contributed by atoms with Gasteiger partial charge in [0.2, 0.25) is 0 Å². The lowest BCUT2D eigenvalue weighted by Gasteiger charge is -2.32. The molecule has 1 saturated heterocycles. The van der Waals surface area contributed by atoms with Crippen LogP contribution in [0.3, 0.4) is 0 Å². The SMILES string of the molecule is CCc1cccc(OC2CCN(C(=O)c3cccnc3)CC2)c1. The zero-order chi connectivity index (χ0) is 16.1. The summed E-state index contributed by atoms with van der Waals surface area (Å²) in [5, 5.41) is 0. The largest absolute Gasteiger partial charge is 0.490 e. The number of aryl methyl sites for hydroxylation is 1. The molecule has 4 nitrogen and oxygen atoms in total. The highest BCUT2D eigenvalue weighted by Gasteiger charge is 2.24. The lowest BCUT2D eigenvalue weighted by atomic mass is 10.1. The van der Waals surface area contributed by atoms with Crippen molar-refractivity contribution in [2.45, 2.75) is 32.3 Å². The summed E-state index contributed by atoms with van der Waals surface area (Å²) >= 11 is 0. The first-order valence-electron chi connectivity index (χ1n) is 8.21. The molecule has 1 aromatic carbocycles. The van der Waals surface area contributed by atoms with Crippen LogP contribution < -0.4 is 4.74 Å². The number of nitrogens with zero attached hydrogens (tertiary/aromatic N) is 2. The molecule has 0 saturated carbocycles. The molecule has 1 fully saturated rings. The van der Waals surface area contributed by atoms with Crippen LogP contribution >= 0.6 is 0 Å². The molecule has 1 aliphatic rings. The number of amides is 1. The van der Waals surface area contributed by atoms with Crippen molar-refractivity contribution in [1.82, 2.24) is 9.88 Å². The number of carbonyl (C=O) groups is 1. The molecule has 0 spiro atoms. The fourth-order valence-electron chi connectivity index (χ4n) is 2.88. The van der Waals surface area contributed by atoms with Crippen LogP contribution in [0.2, 0.25) is 0 Å². The summed E-state index contributed by atoms with van der Waals surface area (Å²) in [4.78, 5) is 18.3. The lowest BCUT2D eigenvalue weighted by molar-refractivity contribution is 0.0595. The van der Waals surface area contributed by atoms with Crippen molar-refractivity contribution in [1.29, 1.82) is 0 Å². The number of hydrogen-bond donors (Lipinski definition) is 0. The van der Waals surface area contributed by atoms with Gasteiger partial charge >= 0.3 is 0 Å². The van der Waals surface area contributed by atoms with Crippen LogP contribution in [0.5, 0.6) is 5.75 Å². The monoisotopic (exact) mass is 310 g/mol. The number of carbonyl (C=O) groups excluding carboxylic acids is 1. The minimum absolute atomic E-state index is 0.0598. The van der Waals surface area contributed by atoms with Gasteiger partial charge in [0.15, 0.2) is 0 Å². The smallest absolute Gasteiger partial charge is 0.255 e. The Bertz CT molecular complexity index is 649. The topological polar surface area (TPSA) is 42.4 Å². The van der Waals surface area contributed by atoms with E-state index in [0.29, 0.717) is 5.56 Å². The van der Waals surface area contributed by atoms with Crippen LogP contribution in [0.15, 0.2) is 48.8 Å². The number of hydrogen-bond acceptors (Lipinski definition) is 3. The van der Waals surface area contributed by atoms with Gasteiger partial charge in [0.1, 0.15) is 11.9 Å². The number of piperidine rings is 1. The second-order valence-electron chi connectivity index (χ2n) is 5.85. The standard InChI is InChI=1S/C19H22N2O2/c1-2-15-5-3-7-18(13-15)23-17-8-11-21(12-9-17)19(22)16-6-4-10-20-14-16/h3-7,10,13-14,17H,2,8-9,11-12H2,1H3. The number of benzene rings is 1. The van der Waals surface area contributed by atoms with Crippen molar-refractivity contribution in [3.05, 3.63) is 59.9 Å². The minimum atomic E-state index is 0.0598. The average molecular weight is 310 g/mol. The van der Waals surface area contributed by atoms with E-state index < -0.39 is 0 Å². The van der Waals surface area contributed by atoms with Gasteiger partial charge in [-0.1, -0.05) is 19.1 Å². The predicted octanol–water partition coefficient (Wildman–Crippen LogP) is 3.33. The first kappa shape index (κ1) is 15.5. The molecular weight excluding hydrogens is 288 g/mol. The Kier molecular flexibility index (Phi) is 4.91. The summed E-state index contributed by atoms with van der Waals surface area (Å²) < 4.78 is 6.08. The van der Waals surface area contributed by atoms with Crippen molar-refractivity contribution in [3.63, 3.8) is 0 Å². The quantitative estimate of drug-likeness (QED) is 0.870. The molecule has 120 valence electrons. The van der Waals surface area contributed by atoms with Gasteiger partial charge in [-0.2, -0.15) is 0 Å². The molecule has 2 aromatic rings. The molecule has 23 heavy (non-hydrogen) atoms. The van der Waals surface area contributed by atoms with Gasteiger partial charge in [0, 0.05) is 38.3 Å². The van der Waals surface area contributed by atoms with Crippen LogP contribution in [0, 0.1) is 0 Å². The Labute approximate surface area is 137 Å². The third-order valence-electron chi connectivity index (χ3n) is 4.25. The lowest BCUT2D eigenvalue weighted by Crippen LogP contribution is -2.41. The molecule has 0 unspecified atom stereocenters. The van der Waals surface area contributed by atoms with E-state index in [0.717, 1.165) is 38.1 Å². The van der Waals surface area contributed by atoms with Gasteiger partial charge in [0.25, 0.3) is 5.91 Å². The summed E-state index contributed by atoms with van der Waals surface area (Å²) in [6, 6.07) is 11.9. The third-order valence-corrected chi connectivity index (χ3v) is 4.25. The maximum absolute atomic E-state index is 12.4. The van der Waals surface area contributed by atoms with E-state index in [-0.39, 0.29) is 12.0 Å². The van der Waals surface area contributed by atoms with Gasteiger partial charge < -0.3 is 9.64 Å². The van der Waals surface area contributed by atoms with Crippen molar-refractivity contribution >= 4 is 5.91 Å². The maximum atomic E-state index is 12.4. The van der Waals surface area contributed by atoms with Gasteiger partial charge in [-0.05, 0) is 36.2 Å². The van der Waals surface area contributed by atoms with E-state index in [1.54, 1.807) is 18.5 Å². The second-order valence-corrected chi connectivity index (χ2v) is 5.85. The first-order chi connectivity index (χ1) is 11.3. The van der Waals surface area contributed by atoms with Crippen molar-refractivity contribution in [3.8, 4) is 5.75 Å². The molecule has 4 heteroatoms. The van der Waals surface area contributed by atoms with E-state index in [2.05, 4.69) is 24.0 Å². The number of pyridine rings is 1. The fraction of sp³-hybridized carbons (Fsp3) is 0.368. The van der Waals surface area contributed by atoms with Crippen LogP contribution in [0.4, 0.5) is 0 Å². The van der Waals surface area contributed by atoms with Crippen molar-refractivity contribution < 1.29 is 9.53 Å². The van der Waals surface area contributed by atoms with E-state index in [4.69, 9.17) is 4.74 Å². The van der Waals surface area contributed by atoms with E-state index >= 15 is 0 Å². The number of likely N-dealkylation sites (tertiary alicyclic amines) is 1. The normalized spacial score (nSPS) is 15.4. The third kappa shape index (κ3) is 3.89. The van der Waals surface area contributed by atoms with Gasteiger partial charge in [0.05, 0.1) is 5.56 Å². The number of aromatic nitrogens is 1. The fourth-order valence-corrected chi connectivity index (χ4v) is 2.88. The minimum Gasteiger partial charge on any atom is -0.490 e. The molecule has 1 amide bonds. The summed E-state index contributed by atoms with van der Waals surface area (Å²) in [5.74, 6) is 0.992. The van der Waals surface area contributed by atoms with Crippen molar-refractivity contribution in [2.24, 2.45) is 0 Å². The molecule has 0 atom stereocenters. The highest BCUT2D eigenvalue weighted by Crippen LogP contribution is 2.21. The van der Waals surface area contributed by atoms with Gasteiger partial charge in [-0.3, -0.25) is 9.78 Å². The Morgan fingerprint density at radius 2 is 2.09 bits per heavy atom. The number of ether oxygens (including phenoxy) is 1. The Hall–Kier alpha value is -2.36. The molecule has 0 bridgehead atoms. The van der Waals surface area contributed by atoms with Crippen LogP contribution in [0.1, 0.15) is 35.7 Å². The number of rotatable bonds is 4. The van der Waals surface area contributed by atoms with Gasteiger partial charge in [-0.25, -0.2) is 0 Å². The van der Waals surface area contributed by atoms with E-state index in [9.17, 15) is 4.79 Å². The Morgan fingerprint density at radius 3 is 2.78 bits per heavy atom. The van der Waals surface area contributed by atoms with E-state index in [1.807, 2.05) is 23.1 Å². The second kappa shape index (κ2) is 7.27. The van der Waals surface area contributed by atoms with Crippen LogP contribution in [-0.2, 0) is 6.42 Å². The van der Waals surface area contributed by atoms with E-state index in [1.165, 1.54) is 5.56 Å².